The standard InChI is InChI=1S/C12H16ClN3O/c1-15-5-10-8-17-11(6-15)7-16(10)9-2-3-12(13)14-4-9/h2-4,10-11H,5-8H2,1H3. The van der Waals surface area contributed by atoms with Gasteiger partial charge in [-0.3, -0.25) is 0 Å². The highest BCUT2D eigenvalue weighted by atomic mass is 35.5. The summed E-state index contributed by atoms with van der Waals surface area (Å²) in [6, 6.07) is 4.30. The van der Waals surface area contributed by atoms with E-state index in [0.29, 0.717) is 17.3 Å². The molecule has 0 N–H and O–H groups in total. The minimum absolute atomic E-state index is 0.300. The van der Waals surface area contributed by atoms with Gasteiger partial charge in [-0.2, -0.15) is 0 Å². The molecular weight excluding hydrogens is 238 g/mol. The van der Waals surface area contributed by atoms with Gasteiger partial charge in [0.1, 0.15) is 5.15 Å². The Morgan fingerprint density at radius 2 is 2.24 bits per heavy atom. The van der Waals surface area contributed by atoms with Crippen LogP contribution in [-0.4, -0.2) is 55.3 Å². The average molecular weight is 254 g/mol. The molecule has 3 saturated heterocycles. The molecule has 0 radical (unpaired) electrons. The van der Waals surface area contributed by atoms with Crippen LogP contribution in [0.5, 0.6) is 0 Å². The first-order valence-corrected chi connectivity index (χ1v) is 6.28. The Labute approximate surface area is 106 Å². The van der Waals surface area contributed by atoms with Crippen LogP contribution in [0.3, 0.4) is 0 Å². The van der Waals surface area contributed by atoms with E-state index in [1.165, 1.54) is 0 Å². The van der Waals surface area contributed by atoms with Crippen LogP contribution in [0.1, 0.15) is 0 Å². The predicted octanol–water partition coefficient (Wildman–Crippen LogP) is 1.25. The number of hydrogen-bond acceptors (Lipinski definition) is 4. The van der Waals surface area contributed by atoms with Crippen molar-refractivity contribution in [3.05, 3.63) is 23.5 Å². The van der Waals surface area contributed by atoms with Crippen LogP contribution in [0.4, 0.5) is 5.69 Å². The fraction of sp³-hybridized carbons (Fsp3) is 0.583. The monoisotopic (exact) mass is 253 g/mol. The van der Waals surface area contributed by atoms with Crippen molar-refractivity contribution in [1.82, 2.24) is 9.88 Å². The molecule has 2 unspecified atom stereocenters. The Hall–Kier alpha value is -0.840. The van der Waals surface area contributed by atoms with Gasteiger partial charge in [-0.25, -0.2) is 4.98 Å². The van der Waals surface area contributed by atoms with Crippen molar-refractivity contribution < 1.29 is 4.74 Å². The van der Waals surface area contributed by atoms with Crippen molar-refractivity contribution in [3.63, 3.8) is 0 Å². The second-order valence-corrected chi connectivity index (χ2v) is 5.21. The molecule has 0 saturated carbocycles. The van der Waals surface area contributed by atoms with E-state index in [9.17, 15) is 0 Å². The normalized spacial score (nSPS) is 29.4. The number of aromatic nitrogens is 1. The molecule has 0 aromatic carbocycles. The zero-order valence-electron chi connectivity index (χ0n) is 9.84. The number of nitrogens with zero attached hydrogens (tertiary/aromatic N) is 3. The first-order valence-electron chi connectivity index (χ1n) is 5.91. The molecule has 3 aliphatic rings. The predicted molar refractivity (Wildman–Crippen MR) is 67.6 cm³/mol. The molecule has 3 aliphatic heterocycles. The number of likely N-dealkylation sites (N-methyl/N-ethyl adjacent to an activating group) is 1. The molecule has 4 rings (SSSR count). The second kappa shape index (κ2) is 4.44. The highest BCUT2D eigenvalue weighted by Gasteiger charge is 2.34. The summed E-state index contributed by atoms with van der Waals surface area (Å²) in [5.74, 6) is 0. The number of anilines is 1. The summed E-state index contributed by atoms with van der Waals surface area (Å²) >= 11 is 5.82. The molecular formula is C12H16ClN3O. The maximum absolute atomic E-state index is 5.82. The van der Waals surface area contributed by atoms with Crippen molar-refractivity contribution in [2.45, 2.75) is 12.1 Å². The number of fused-ring (bicyclic) bond motifs is 4. The Morgan fingerprint density at radius 1 is 1.35 bits per heavy atom. The summed E-state index contributed by atoms with van der Waals surface area (Å²) in [5.41, 5.74) is 1.14. The zero-order valence-corrected chi connectivity index (χ0v) is 10.6. The lowest BCUT2D eigenvalue weighted by atomic mass is 10.2. The van der Waals surface area contributed by atoms with Gasteiger partial charge in [-0.05, 0) is 19.2 Å². The molecule has 92 valence electrons. The largest absolute Gasteiger partial charge is 0.373 e. The van der Waals surface area contributed by atoms with E-state index in [0.717, 1.165) is 31.9 Å². The van der Waals surface area contributed by atoms with E-state index in [-0.39, 0.29) is 0 Å². The molecule has 1 aromatic heterocycles. The summed E-state index contributed by atoms with van der Waals surface area (Å²) in [6.07, 6.45) is 2.15. The number of morpholine rings is 1. The van der Waals surface area contributed by atoms with Gasteiger partial charge in [-0.1, -0.05) is 11.6 Å². The van der Waals surface area contributed by atoms with Gasteiger partial charge in [0.2, 0.25) is 0 Å². The van der Waals surface area contributed by atoms with Crippen LogP contribution in [0.15, 0.2) is 18.3 Å². The number of rotatable bonds is 1. The number of hydrogen-bond donors (Lipinski definition) is 0. The Morgan fingerprint density at radius 3 is 3.00 bits per heavy atom. The number of ether oxygens (including phenoxy) is 1. The van der Waals surface area contributed by atoms with Gasteiger partial charge in [0.05, 0.1) is 30.6 Å². The van der Waals surface area contributed by atoms with E-state index in [1.807, 2.05) is 18.3 Å². The highest BCUT2D eigenvalue weighted by Crippen LogP contribution is 2.25. The molecule has 5 heteroatoms. The van der Waals surface area contributed by atoms with E-state index in [4.69, 9.17) is 16.3 Å². The lowest BCUT2D eigenvalue weighted by Crippen LogP contribution is -2.49. The van der Waals surface area contributed by atoms with Gasteiger partial charge >= 0.3 is 0 Å². The van der Waals surface area contributed by atoms with Crippen LogP contribution in [0.2, 0.25) is 5.15 Å². The number of pyridine rings is 1. The molecule has 0 spiro atoms. The third-order valence-electron chi connectivity index (χ3n) is 3.45. The third kappa shape index (κ3) is 2.25. The molecule has 0 aliphatic carbocycles. The summed E-state index contributed by atoms with van der Waals surface area (Å²) < 4.78 is 5.82. The van der Waals surface area contributed by atoms with Gasteiger partial charge in [0.15, 0.2) is 0 Å². The number of halogens is 1. The fourth-order valence-electron chi connectivity index (χ4n) is 2.66. The molecule has 4 nitrogen and oxygen atoms in total. The van der Waals surface area contributed by atoms with Crippen molar-refractivity contribution in [2.24, 2.45) is 0 Å². The lowest BCUT2D eigenvalue weighted by Gasteiger charge is -2.37. The SMILES string of the molecule is CN1CC2CN(c3ccc(Cl)nc3)C(CO2)C1. The van der Waals surface area contributed by atoms with Crippen molar-refractivity contribution in [2.75, 3.05) is 38.2 Å². The lowest BCUT2D eigenvalue weighted by molar-refractivity contribution is 0.0348. The van der Waals surface area contributed by atoms with Crippen LogP contribution in [-0.2, 0) is 4.74 Å². The van der Waals surface area contributed by atoms with Crippen LogP contribution < -0.4 is 4.90 Å². The second-order valence-electron chi connectivity index (χ2n) is 4.82. The first kappa shape index (κ1) is 11.3. The van der Waals surface area contributed by atoms with E-state index in [2.05, 4.69) is 21.8 Å². The van der Waals surface area contributed by atoms with Crippen LogP contribution in [0, 0.1) is 0 Å². The highest BCUT2D eigenvalue weighted by molar-refractivity contribution is 6.29. The quantitative estimate of drug-likeness (QED) is 0.705. The third-order valence-corrected chi connectivity index (χ3v) is 3.67. The minimum Gasteiger partial charge on any atom is -0.373 e. The average Bonchev–Trinajstić information content (AvgIpc) is 2.58. The summed E-state index contributed by atoms with van der Waals surface area (Å²) in [6.45, 7) is 3.79. The van der Waals surface area contributed by atoms with E-state index >= 15 is 0 Å². The molecule has 2 atom stereocenters. The van der Waals surface area contributed by atoms with Crippen molar-refractivity contribution >= 4 is 17.3 Å². The molecule has 1 aromatic rings. The smallest absolute Gasteiger partial charge is 0.129 e. The van der Waals surface area contributed by atoms with Gasteiger partial charge < -0.3 is 14.5 Å². The molecule has 3 fully saturated rings. The van der Waals surface area contributed by atoms with E-state index in [1.54, 1.807) is 0 Å². The molecule has 17 heavy (non-hydrogen) atoms. The minimum atomic E-state index is 0.300. The Kier molecular flexibility index (Phi) is 2.94. The Balaban J connectivity index is 1.86. The topological polar surface area (TPSA) is 28.6 Å². The van der Waals surface area contributed by atoms with E-state index < -0.39 is 0 Å². The maximum Gasteiger partial charge on any atom is 0.129 e. The first-order chi connectivity index (χ1) is 8.22. The van der Waals surface area contributed by atoms with Gasteiger partial charge in [0.25, 0.3) is 0 Å². The summed E-state index contributed by atoms with van der Waals surface area (Å²) in [5, 5.41) is 0.544. The summed E-state index contributed by atoms with van der Waals surface area (Å²) in [4.78, 5) is 8.89. The van der Waals surface area contributed by atoms with Gasteiger partial charge in [0, 0.05) is 19.6 Å². The fourth-order valence-corrected chi connectivity index (χ4v) is 2.77. The summed E-state index contributed by atoms with van der Waals surface area (Å²) in [7, 11) is 2.15. The van der Waals surface area contributed by atoms with Gasteiger partial charge in [-0.15, -0.1) is 0 Å². The Bertz CT molecular complexity index is 397. The molecule has 4 heterocycles. The van der Waals surface area contributed by atoms with Crippen molar-refractivity contribution in [3.8, 4) is 0 Å². The van der Waals surface area contributed by atoms with Crippen LogP contribution >= 0.6 is 11.6 Å². The molecule has 0 amide bonds. The maximum atomic E-state index is 5.82. The zero-order chi connectivity index (χ0) is 11.8. The molecule has 2 bridgehead atoms. The van der Waals surface area contributed by atoms with Crippen LogP contribution in [0.25, 0.3) is 0 Å². The van der Waals surface area contributed by atoms with Crippen molar-refractivity contribution in [1.29, 1.82) is 0 Å².